The van der Waals surface area contributed by atoms with E-state index in [2.05, 4.69) is 5.32 Å². The number of hydrogen-bond donors (Lipinski definition) is 2. The lowest BCUT2D eigenvalue weighted by Gasteiger charge is -2.31. The molecule has 3 aliphatic heterocycles. The van der Waals surface area contributed by atoms with E-state index in [0.29, 0.717) is 5.69 Å². The van der Waals surface area contributed by atoms with E-state index in [1.807, 2.05) is 18.2 Å². The van der Waals surface area contributed by atoms with Crippen molar-refractivity contribution in [3.8, 4) is 0 Å². The summed E-state index contributed by atoms with van der Waals surface area (Å²) in [6, 6.07) is 9.10. The highest BCUT2D eigenvalue weighted by molar-refractivity contribution is 7.80. The Bertz CT molecular complexity index is 697. The molecular formula is C16H18N2O5S. The lowest BCUT2D eigenvalue weighted by molar-refractivity contribution is -0.215. The van der Waals surface area contributed by atoms with Crippen LogP contribution < -0.4 is 10.2 Å². The van der Waals surface area contributed by atoms with E-state index < -0.39 is 29.8 Å². The molecule has 0 aliphatic carbocycles. The van der Waals surface area contributed by atoms with Crippen LogP contribution in [0.5, 0.6) is 0 Å². The molecule has 24 heavy (non-hydrogen) atoms. The number of para-hydroxylation sites is 1. The van der Waals surface area contributed by atoms with Gasteiger partial charge in [-0.25, -0.2) is 0 Å². The smallest absolute Gasteiger partial charge is 0.264 e. The molecule has 3 heterocycles. The number of fused-ring (bicyclic) bond motifs is 2. The van der Waals surface area contributed by atoms with Gasteiger partial charge in [-0.2, -0.15) is 0 Å². The van der Waals surface area contributed by atoms with Crippen LogP contribution in [0.15, 0.2) is 30.3 Å². The minimum atomic E-state index is -1.31. The Morgan fingerprint density at radius 3 is 2.67 bits per heavy atom. The van der Waals surface area contributed by atoms with Crippen molar-refractivity contribution in [3.63, 3.8) is 0 Å². The van der Waals surface area contributed by atoms with Gasteiger partial charge in [0.1, 0.15) is 12.2 Å². The summed E-state index contributed by atoms with van der Waals surface area (Å²) in [5, 5.41) is 13.1. The summed E-state index contributed by atoms with van der Waals surface area (Å²) in [4.78, 5) is 14.7. The molecule has 3 aliphatic rings. The van der Waals surface area contributed by atoms with Crippen LogP contribution in [0.4, 0.5) is 5.69 Å². The average Bonchev–Trinajstić information content (AvgIpc) is 3.09. The zero-order valence-electron chi connectivity index (χ0n) is 13.3. The van der Waals surface area contributed by atoms with Crippen molar-refractivity contribution in [1.29, 1.82) is 0 Å². The van der Waals surface area contributed by atoms with Gasteiger partial charge in [0.05, 0.1) is 12.3 Å². The minimum absolute atomic E-state index is 0.252. The number of aliphatic hydroxyl groups is 1. The van der Waals surface area contributed by atoms with Gasteiger partial charge in [-0.3, -0.25) is 9.69 Å². The number of hydrogen-bond acceptors (Lipinski definition) is 6. The normalized spacial score (nSPS) is 37.1. The van der Waals surface area contributed by atoms with E-state index in [9.17, 15) is 9.90 Å². The monoisotopic (exact) mass is 350 g/mol. The van der Waals surface area contributed by atoms with E-state index in [-0.39, 0.29) is 17.6 Å². The van der Waals surface area contributed by atoms with Crippen molar-refractivity contribution in [3.05, 3.63) is 30.3 Å². The van der Waals surface area contributed by atoms with E-state index in [1.165, 1.54) is 4.90 Å². The maximum absolute atomic E-state index is 13.3. The second-order valence-corrected chi connectivity index (χ2v) is 6.89. The molecule has 2 N–H and O–H groups in total. The summed E-state index contributed by atoms with van der Waals surface area (Å²) in [5.74, 6) is -1.20. The molecule has 4 rings (SSSR count). The number of nitrogens with one attached hydrogen (secondary N) is 1. The van der Waals surface area contributed by atoms with Crippen LogP contribution in [0.2, 0.25) is 0 Å². The third-order valence-electron chi connectivity index (χ3n) is 4.57. The van der Waals surface area contributed by atoms with E-state index in [4.69, 9.17) is 26.4 Å². The van der Waals surface area contributed by atoms with E-state index in [1.54, 1.807) is 26.0 Å². The van der Waals surface area contributed by atoms with Gasteiger partial charge in [0.25, 0.3) is 5.91 Å². The fourth-order valence-corrected chi connectivity index (χ4v) is 3.92. The zero-order valence-corrected chi connectivity index (χ0v) is 14.1. The van der Waals surface area contributed by atoms with Crippen LogP contribution in [0.3, 0.4) is 0 Å². The first-order chi connectivity index (χ1) is 11.4. The van der Waals surface area contributed by atoms with Crippen LogP contribution >= 0.6 is 12.2 Å². The molecule has 1 spiro atoms. The Morgan fingerprint density at radius 1 is 1.29 bits per heavy atom. The fraction of sp³-hybridized carbons (Fsp3) is 0.500. The van der Waals surface area contributed by atoms with Gasteiger partial charge in [-0.15, -0.1) is 0 Å². The Kier molecular flexibility index (Phi) is 3.45. The highest BCUT2D eigenvalue weighted by Crippen LogP contribution is 2.46. The SMILES string of the molecule is CC1(C)O[C@@H]2O[C@H](CO)[C@]3(NC(=S)N(c4ccccc4)C3=O)[C@@H]2O1. The van der Waals surface area contributed by atoms with Gasteiger partial charge in [0.2, 0.25) is 0 Å². The van der Waals surface area contributed by atoms with Crippen molar-refractivity contribution in [1.82, 2.24) is 5.32 Å². The zero-order chi connectivity index (χ0) is 17.1. The van der Waals surface area contributed by atoms with Gasteiger partial charge in [0.15, 0.2) is 22.7 Å². The molecule has 0 radical (unpaired) electrons. The van der Waals surface area contributed by atoms with Gasteiger partial charge < -0.3 is 24.6 Å². The quantitative estimate of drug-likeness (QED) is 0.753. The summed E-state index contributed by atoms with van der Waals surface area (Å²) >= 11 is 5.39. The second kappa shape index (κ2) is 5.21. The first kappa shape index (κ1) is 15.9. The number of ether oxygens (including phenoxy) is 3. The Balaban J connectivity index is 1.76. The number of aliphatic hydroxyl groups excluding tert-OH is 1. The topological polar surface area (TPSA) is 80.3 Å². The number of benzene rings is 1. The number of carbonyl (C=O) groups is 1. The van der Waals surface area contributed by atoms with Crippen LogP contribution in [-0.4, -0.2) is 52.6 Å². The maximum atomic E-state index is 13.3. The third-order valence-corrected chi connectivity index (χ3v) is 4.85. The molecule has 1 aromatic carbocycles. The largest absolute Gasteiger partial charge is 0.394 e. The van der Waals surface area contributed by atoms with Crippen LogP contribution in [0.1, 0.15) is 13.8 Å². The molecule has 0 aromatic heterocycles. The average molecular weight is 350 g/mol. The number of amides is 1. The highest BCUT2D eigenvalue weighted by atomic mass is 32.1. The first-order valence-electron chi connectivity index (χ1n) is 7.73. The number of nitrogens with zero attached hydrogens (tertiary/aromatic N) is 1. The molecule has 4 atom stereocenters. The molecule has 3 saturated heterocycles. The third kappa shape index (κ3) is 2.04. The number of thiocarbonyl (C=S) groups is 1. The molecular weight excluding hydrogens is 332 g/mol. The molecule has 7 nitrogen and oxygen atoms in total. The molecule has 1 aromatic rings. The lowest BCUT2D eigenvalue weighted by atomic mass is 9.88. The highest BCUT2D eigenvalue weighted by Gasteiger charge is 2.71. The number of rotatable bonds is 2. The summed E-state index contributed by atoms with van der Waals surface area (Å²) in [6.45, 7) is 3.15. The van der Waals surface area contributed by atoms with E-state index >= 15 is 0 Å². The van der Waals surface area contributed by atoms with Crippen LogP contribution in [0.25, 0.3) is 0 Å². The molecule has 0 saturated carbocycles. The predicted octanol–water partition coefficient (Wildman–Crippen LogP) is 0.515. The Hall–Kier alpha value is -1.58. The first-order valence-corrected chi connectivity index (χ1v) is 8.13. The minimum Gasteiger partial charge on any atom is -0.394 e. The Morgan fingerprint density at radius 2 is 2.00 bits per heavy atom. The van der Waals surface area contributed by atoms with Gasteiger partial charge in [-0.05, 0) is 38.2 Å². The Labute approximate surface area is 144 Å². The summed E-state index contributed by atoms with van der Waals surface area (Å²) in [7, 11) is 0. The lowest BCUT2D eigenvalue weighted by Crippen LogP contribution is -2.62. The van der Waals surface area contributed by atoms with Crippen LogP contribution in [0, 0.1) is 0 Å². The molecule has 8 heteroatoms. The molecule has 0 bridgehead atoms. The number of anilines is 1. The van der Waals surface area contributed by atoms with E-state index in [0.717, 1.165) is 0 Å². The van der Waals surface area contributed by atoms with Crippen molar-refractivity contribution < 1.29 is 24.1 Å². The van der Waals surface area contributed by atoms with Crippen molar-refractivity contribution >= 4 is 28.9 Å². The van der Waals surface area contributed by atoms with Crippen molar-refractivity contribution in [2.75, 3.05) is 11.5 Å². The fourth-order valence-electron chi connectivity index (χ4n) is 3.56. The summed E-state index contributed by atoms with van der Waals surface area (Å²) in [6.07, 6.45) is -2.27. The molecule has 1 amide bonds. The van der Waals surface area contributed by atoms with Crippen molar-refractivity contribution in [2.45, 2.75) is 43.7 Å². The molecule has 0 unspecified atom stereocenters. The van der Waals surface area contributed by atoms with Crippen molar-refractivity contribution in [2.24, 2.45) is 0 Å². The molecule has 128 valence electrons. The van der Waals surface area contributed by atoms with Gasteiger partial charge in [0, 0.05) is 0 Å². The second-order valence-electron chi connectivity index (χ2n) is 6.51. The predicted molar refractivity (Wildman–Crippen MR) is 88.2 cm³/mol. The maximum Gasteiger partial charge on any atom is 0.264 e. The standard InChI is InChI=1S/C16H18N2O5S/c1-15(2)22-11-12(23-15)21-10(8-19)16(11)13(20)18(14(24)17-16)9-6-4-3-5-7-9/h3-7,10-12,19H,8H2,1-2H3,(H,17,24)/t10-,11-,12+,16+/m1/s1. The van der Waals surface area contributed by atoms with Gasteiger partial charge in [-0.1, -0.05) is 18.2 Å². The summed E-state index contributed by atoms with van der Waals surface area (Å²) < 4.78 is 17.4. The molecule has 3 fully saturated rings. The van der Waals surface area contributed by atoms with Gasteiger partial charge >= 0.3 is 0 Å². The number of carbonyl (C=O) groups excluding carboxylic acids is 1. The van der Waals surface area contributed by atoms with Crippen LogP contribution in [-0.2, 0) is 19.0 Å². The summed E-state index contributed by atoms with van der Waals surface area (Å²) in [5.41, 5.74) is -0.657.